The van der Waals surface area contributed by atoms with Crippen LogP contribution in [0.25, 0.3) is 5.69 Å². The normalized spacial score (nSPS) is 12.0. The Kier molecular flexibility index (Phi) is 5.09. The van der Waals surface area contributed by atoms with E-state index in [4.69, 9.17) is 4.74 Å². The van der Waals surface area contributed by atoms with Crippen molar-refractivity contribution in [2.24, 2.45) is 0 Å². The maximum Gasteiger partial charge on any atom is 0.258 e. The van der Waals surface area contributed by atoms with Gasteiger partial charge in [0.2, 0.25) is 0 Å². The third kappa shape index (κ3) is 3.78. The summed E-state index contributed by atoms with van der Waals surface area (Å²) in [5, 5.41) is 6.74. The van der Waals surface area contributed by atoms with Crippen LogP contribution in [0.2, 0.25) is 0 Å². The molecular formula is C19H17F2N3O2. The summed E-state index contributed by atoms with van der Waals surface area (Å²) in [4.78, 5) is 12.4. The van der Waals surface area contributed by atoms with E-state index in [2.05, 4.69) is 10.4 Å². The van der Waals surface area contributed by atoms with Gasteiger partial charge in [0, 0.05) is 25.1 Å². The van der Waals surface area contributed by atoms with E-state index in [1.54, 1.807) is 13.2 Å². The molecule has 0 fully saturated rings. The molecule has 0 saturated heterocycles. The summed E-state index contributed by atoms with van der Waals surface area (Å²) >= 11 is 0. The van der Waals surface area contributed by atoms with Crippen LogP contribution >= 0.6 is 0 Å². The highest BCUT2D eigenvalue weighted by atomic mass is 19.1. The van der Waals surface area contributed by atoms with Crippen LogP contribution in [-0.4, -0.2) is 22.8 Å². The smallest absolute Gasteiger partial charge is 0.258 e. The maximum atomic E-state index is 13.8. The van der Waals surface area contributed by atoms with Gasteiger partial charge in [-0.15, -0.1) is 0 Å². The van der Waals surface area contributed by atoms with E-state index in [1.165, 1.54) is 23.1 Å². The van der Waals surface area contributed by atoms with Crippen LogP contribution in [-0.2, 0) is 4.74 Å². The van der Waals surface area contributed by atoms with Crippen LogP contribution in [0.4, 0.5) is 14.5 Å². The topological polar surface area (TPSA) is 56.1 Å². The Bertz CT molecular complexity index is 940. The Hall–Kier alpha value is -3.06. The summed E-state index contributed by atoms with van der Waals surface area (Å²) in [6.07, 6.45) is 2.60. The summed E-state index contributed by atoms with van der Waals surface area (Å²) in [7, 11) is 1.61. The van der Waals surface area contributed by atoms with E-state index < -0.39 is 11.6 Å². The maximum absolute atomic E-state index is 13.8. The molecule has 3 rings (SSSR count). The summed E-state index contributed by atoms with van der Waals surface area (Å²) in [5.41, 5.74) is 1.84. The minimum atomic E-state index is -0.763. The molecule has 1 heterocycles. The van der Waals surface area contributed by atoms with Gasteiger partial charge in [0.25, 0.3) is 5.91 Å². The molecule has 0 aliphatic rings. The van der Waals surface area contributed by atoms with Crippen molar-refractivity contribution in [1.29, 1.82) is 0 Å². The van der Waals surface area contributed by atoms with Crippen molar-refractivity contribution in [3.05, 3.63) is 77.6 Å². The van der Waals surface area contributed by atoms with Crippen LogP contribution in [0.5, 0.6) is 0 Å². The number of halogens is 2. The third-order valence-electron chi connectivity index (χ3n) is 3.97. The van der Waals surface area contributed by atoms with Gasteiger partial charge in [-0.25, -0.2) is 13.5 Å². The number of rotatable bonds is 5. The highest BCUT2D eigenvalue weighted by molar-refractivity contribution is 6.04. The molecular weight excluding hydrogens is 340 g/mol. The number of nitrogens with one attached hydrogen (secondary N) is 1. The molecule has 0 aliphatic carbocycles. The van der Waals surface area contributed by atoms with Crippen molar-refractivity contribution < 1.29 is 18.3 Å². The zero-order valence-electron chi connectivity index (χ0n) is 14.2. The van der Waals surface area contributed by atoms with E-state index in [-0.39, 0.29) is 23.3 Å². The quantitative estimate of drug-likeness (QED) is 0.748. The van der Waals surface area contributed by atoms with E-state index in [0.29, 0.717) is 5.69 Å². The number of anilines is 1. The van der Waals surface area contributed by atoms with Gasteiger partial charge in [0.1, 0.15) is 11.5 Å². The molecule has 0 aliphatic heterocycles. The zero-order valence-corrected chi connectivity index (χ0v) is 14.2. The summed E-state index contributed by atoms with van der Waals surface area (Å²) in [5.74, 6) is -1.83. The predicted molar refractivity (Wildman–Crippen MR) is 93.3 cm³/mol. The van der Waals surface area contributed by atoms with Crippen LogP contribution < -0.4 is 5.32 Å². The van der Waals surface area contributed by atoms with Gasteiger partial charge in [-0.1, -0.05) is 12.1 Å². The van der Waals surface area contributed by atoms with E-state index >= 15 is 0 Å². The summed E-state index contributed by atoms with van der Waals surface area (Å²) < 4.78 is 33.3. The number of amides is 1. The Labute approximate surface area is 149 Å². The molecule has 7 heteroatoms. The first-order valence-electron chi connectivity index (χ1n) is 7.92. The van der Waals surface area contributed by atoms with Crippen molar-refractivity contribution in [3.63, 3.8) is 0 Å². The van der Waals surface area contributed by atoms with Crippen molar-refractivity contribution >= 4 is 11.6 Å². The molecule has 134 valence electrons. The number of carbonyl (C=O) groups excluding carboxylic acids is 1. The molecule has 2 aromatic carbocycles. The average molecular weight is 357 g/mol. The van der Waals surface area contributed by atoms with E-state index in [1.807, 2.05) is 25.1 Å². The molecule has 5 nitrogen and oxygen atoms in total. The number of methoxy groups -OCH3 is 1. The van der Waals surface area contributed by atoms with Crippen molar-refractivity contribution in [2.45, 2.75) is 13.0 Å². The number of carbonyl (C=O) groups is 1. The third-order valence-corrected chi connectivity index (χ3v) is 3.97. The van der Waals surface area contributed by atoms with Crippen LogP contribution in [0.15, 0.2) is 54.9 Å². The fourth-order valence-corrected chi connectivity index (χ4v) is 2.45. The number of nitrogens with zero attached hydrogens (tertiary/aromatic N) is 2. The molecule has 1 atom stereocenters. The largest absolute Gasteiger partial charge is 0.377 e. The molecule has 1 N–H and O–H groups in total. The first-order valence-corrected chi connectivity index (χ1v) is 7.92. The fraction of sp³-hybridized carbons (Fsp3) is 0.158. The van der Waals surface area contributed by atoms with Gasteiger partial charge in [0.05, 0.1) is 17.9 Å². The summed E-state index contributed by atoms with van der Waals surface area (Å²) in [6.45, 7) is 1.90. The van der Waals surface area contributed by atoms with Gasteiger partial charge in [-0.05, 0) is 36.8 Å². The van der Waals surface area contributed by atoms with Gasteiger partial charge in [0.15, 0.2) is 5.82 Å². The Morgan fingerprint density at radius 3 is 2.77 bits per heavy atom. The highest BCUT2D eigenvalue weighted by Gasteiger charge is 2.13. The van der Waals surface area contributed by atoms with Gasteiger partial charge >= 0.3 is 0 Å². The summed E-state index contributed by atoms with van der Waals surface area (Å²) in [6, 6.07) is 10.4. The van der Waals surface area contributed by atoms with E-state index in [9.17, 15) is 13.6 Å². The lowest BCUT2D eigenvalue weighted by molar-refractivity contribution is 0.102. The zero-order chi connectivity index (χ0) is 18.7. The van der Waals surface area contributed by atoms with Gasteiger partial charge in [-0.3, -0.25) is 4.79 Å². The molecule has 0 spiro atoms. The predicted octanol–water partition coefficient (Wildman–Crippen LogP) is 4.11. The average Bonchev–Trinajstić information content (AvgIpc) is 3.11. The SMILES string of the molecule is CO[C@@H](C)c1cccc(NC(=O)c2cnn(-c3ccc(F)cc3F)c2)c1. The minimum absolute atomic E-state index is 0.0568. The number of benzene rings is 2. The van der Waals surface area contributed by atoms with Crippen LogP contribution in [0.1, 0.15) is 28.9 Å². The monoisotopic (exact) mass is 357 g/mol. The van der Waals surface area contributed by atoms with Crippen LogP contribution in [0.3, 0.4) is 0 Å². The van der Waals surface area contributed by atoms with Crippen molar-refractivity contribution in [1.82, 2.24) is 9.78 Å². The first kappa shape index (κ1) is 17.8. The lowest BCUT2D eigenvalue weighted by atomic mass is 10.1. The Morgan fingerprint density at radius 2 is 2.04 bits per heavy atom. The molecule has 0 saturated carbocycles. The second-order valence-corrected chi connectivity index (χ2v) is 5.73. The molecule has 0 radical (unpaired) electrons. The van der Waals surface area contributed by atoms with Gasteiger partial charge < -0.3 is 10.1 Å². The van der Waals surface area contributed by atoms with Crippen LogP contribution in [0, 0.1) is 11.6 Å². The lowest BCUT2D eigenvalue weighted by Crippen LogP contribution is -2.11. The first-order chi connectivity index (χ1) is 12.5. The molecule has 0 unspecified atom stereocenters. The second-order valence-electron chi connectivity index (χ2n) is 5.73. The number of ether oxygens (including phenoxy) is 1. The second kappa shape index (κ2) is 7.45. The molecule has 1 amide bonds. The van der Waals surface area contributed by atoms with Gasteiger partial charge in [-0.2, -0.15) is 5.10 Å². The Balaban J connectivity index is 1.78. The number of hydrogen-bond donors (Lipinski definition) is 1. The fourth-order valence-electron chi connectivity index (χ4n) is 2.45. The minimum Gasteiger partial charge on any atom is -0.377 e. The number of aromatic nitrogens is 2. The molecule has 0 bridgehead atoms. The lowest BCUT2D eigenvalue weighted by Gasteiger charge is -2.11. The number of hydrogen-bond acceptors (Lipinski definition) is 3. The van der Waals surface area contributed by atoms with Crippen molar-refractivity contribution in [3.8, 4) is 5.69 Å². The molecule has 26 heavy (non-hydrogen) atoms. The van der Waals surface area contributed by atoms with E-state index in [0.717, 1.165) is 17.7 Å². The van der Waals surface area contributed by atoms with Crippen molar-refractivity contribution in [2.75, 3.05) is 12.4 Å². The Morgan fingerprint density at radius 1 is 1.23 bits per heavy atom. The molecule has 3 aromatic rings. The molecule has 1 aromatic heterocycles. The standard InChI is InChI=1S/C19H17F2N3O2/c1-12(26-2)13-4-3-5-16(8-13)23-19(25)14-10-22-24(11-14)18-7-6-15(20)9-17(18)21/h3-12H,1-2H3,(H,23,25)/t12-/m0/s1. The highest BCUT2D eigenvalue weighted by Crippen LogP contribution is 2.20.